The number of carbonyl (C=O) groups excluding carboxylic acids is 2. The lowest BCUT2D eigenvalue weighted by Crippen LogP contribution is -2.47. The Balaban J connectivity index is 1.77. The van der Waals surface area contributed by atoms with Crippen molar-refractivity contribution in [3.05, 3.63) is 71.8 Å². The van der Waals surface area contributed by atoms with Gasteiger partial charge in [0.25, 0.3) is 0 Å². The number of nitrogens with one attached hydrogen (secondary N) is 2. The van der Waals surface area contributed by atoms with Crippen LogP contribution < -0.4 is 10.6 Å². The first-order valence-corrected chi connectivity index (χ1v) is 8.35. The summed E-state index contributed by atoms with van der Waals surface area (Å²) in [5.41, 5.74) is 2.06. The van der Waals surface area contributed by atoms with Gasteiger partial charge in [-0.25, -0.2) is 0 Å². The summed E-state index contributed by atoms with van der Waals surface area (Å²) in [5.74, 6) is -0.403. The molecule has 2 aromatic rings. The van der Waals surface area contributed by atoms with E-state index >= 15 is 0 Å². The molecule has 0 bridgehead atoms. The molecular weight excluding hydrogens is 316 g/mol. The van der Waals surface area contributed by atoms with Crippen molar-refractivity contribution in [2.75, 3.05) is 13.7 Å². The molecule has 0 fully saturated rings. The van der Waals surface area contributed by atoms with Gasteiger partial charge in [-0.15, -0.1) is 0 Å². The summed E-state index contributed by atoms with van der Waals surface area (Å²) >= 11 is 0. The second-order valence-corrected chi connectivity index (χ2v) is 5.71. The van der Waals surface area contributed by atoms with E-state index < -0.39 is 6.04 Å². The first kappa shape index (κ1) is 18.7. The topological polar surface area (TPSA) is 67.4 Å². The fourth-order valence-electron chi connectivity index (χ4n) is 2.43. The SMILES string of the molecule is CNC(=O)C(Cc1ccccc1)NC(=O)CCOCc1ccccc1. The highest BCUT2D eigenvalue weighted by Crippen LogP contribution is 2.04. The number of amides is 2. The van der Waals surface area contributed by atoms with Crippen molar-refractivity contribution in [1.29, 1.82) is 0 Å². The van der Waals surface area contributed by atoms with Crippen LogP contribution in [0.2, 0.25) is 0 Å². The highest BCUT2D eigenvalue weighted by atomic mass is 16.5. The van der Waals surface area contributed by atoms with Gasteiger partial charge in [-0.1, -0.05) is 60.7 Å². The molecule has 5 nitrogen and oxygen atoms in total. The zero-order valence-electron chi connectivity index (χ0n) is 14.4. The third kappa shape index (κ3) is 6.77. The lowest BCUT2D eigenvalue weighted by molar-refractivity contribution is -0.129. The van der Waals surface area contributed by atoms with Crippen LogP contribution in [0.5, 0.6) is 0 Å². The average Bonchev–Trinajstić information content (AvgIpc) is 2.66. The molecule has 2 aromatic carbocycles. The zero-order chi connectivity index (χ0) is 17.9. The van der Waals surface area contributed by atoms with Crippen molar-refractivity contribution >= 4 is 11.8 Å². The normalized spacial score (nSPS) is 11.6. The summed E-state index contributed by atoms with van der Waals surface area (Å²) in [6.45, 7) is 0.781. The van der Waals surface area contributed by atoms with E-state index in [4.69, 9.17) is 4.74 Å². The predicted octanol–water partition coefficient (Wildman–Crippen LogP) is 2.07. The molecule has 25 heavy (non-hydrogen) atoms. The van der Waals surface area contributed by atoms with Gasteiger partial charge in [-0.05, 0) is 11.1 Å². The Hall–Kier alpha value is -2.66. The fraction of sp³-hybridized carbons (Fsp3) is 0.300. The highest BCUT2D eigenvalue weighted by molar-refractivity contribution is 5.87. The minimum absolute atomic E-state index is 0.197. The van der Waals surface area contributed by atoms with E-state index in [9.17, 15) is 9.59 Å². The molecule has 1 unspecified atom stereocenters. The summed E-state index contributed by atoms with van der Waals surface area (Å²) in [5, 5.41) is 5.38. The molecule has 0 aromatic heterocycles. The number of rotatable bonds is 9. The molecule has 0 aliphatic heterocycles. The molecule has 0 heterocycles. The molecule has 0 aliphatic rings. The Bertz CT molecular complexity index is 659. The zero-order valence-corrected chi connectivity index (χ0v) is 14.4. The third-order valence-corrected chi connectivity index (χ3v) is 3.77. The van der Waals surface area contributed by atoms with Crippen LogP contribution in [0.3, 0.4) is 0 Å². The summed E-state index contributed by atoms with van der Waals surface area (Å²) in [4.78, 5) is 24.1. The van der Waals surface area contributed by atoms with E-state index in [0.29, 0.717) is 19.6 Å². The Kier molecular flexibility index (Phi) is 7.66. The molecule has 0 spiro atoms. The number of benzene rings is 2. The van der Waals surface area contributed by atoms with Gasteiger partial charge in [0, 0.05) is 19.9 Å². The molecule has 0 saturated heterocycles. The molecule has 5 heteroatoms. The van der Waals surface area contributed by atoms with Gasteiger partial charge in [0.2, 0.25) is 11.8 Å². The van der Waals surface area contributed by atoms with E-state index in [0.717, 1.165) is 11.1 Å². The maximum absolute atomic E-state index is 12.1. The summed E-state index contributed by atoms with van der Waals surface area (Å²) in [6.07, 6.45) is 0.673. The van der Waals surface area contributed by atoms with Gasteiger partial charge in [0.15, 0.2) is 0 Å². The van der Waals surface area contributed by atoms with Gasteiger partial charge >= 0.3 is 0 Å². The van der Waals surface area contributed by atoms with Gasteiger partial charge in [-0.2, -0.15) is 0 Å². The van der Waals surface area contributed by atoms with E-state index in [-0.39, 0.29) is 18.2 Å². The van der Waals surface area contributed by atoms with Crippen molar-refractivity contribution in [3.8, 4) is 0 Å². The maximum atomic E-state index is 12.1. The molecule has 0 aliphatic carbocycles. The van der Waals surface area contributed by atoms with Crippen LogP contribution in [-0.4, -0.2) is 31.5 Å². The molecule has 2 N–H and O–H groups in total. The molecule has 1 atom stereocenters. The van der Waals surface area contributed by atoms with Gasteiger partial charge in [0.1, 0.15) is 6.04 Å². The van der Waals surface area contributed by atoms with Crippen LogP contribution in [0.25, 0.3) is 0 Å². The summed E-state index contributed by atoms with van der Waals surface area (Å²) in [7, 11) is 1.56. The number of hydrogen-bond acceptors (Lipinski definition) is 3. The minimum Gasteiger partial charge on any atom is -0.376 e. The first-order chi connectivity index (χ1) is 12.2. The number of likely N-dealkylation sites (N-methyl/N-ethyl adjacent to an activating group) is 1. The Morgan fingerprint density at radius 2 is 1.56 bits per heavy atom. The summed E-state index contributed by atoms with van der Waals surface area (Å²) < 4.78 is 5.52. The molecule has 0 radical (unpaired) electrons. The van der Waals surface area contributed by atoms with Crippen molar-refractivity contribution in [2.24, 2.45) is 0 Å². The van der Waals surface area contributed by atoms with Crippen LogP contribution >= 0.6 is 0 Å². The van der Waals surface area contributed by atoms with E-state index in [1.165, 1.54) is 0 Å². The smallest absolute Gasteiger partial charge is 0.242 e. The lowest BCUT2D eigenvalue weighted by atomic mass is 10.1. The van der Waals surface area contributed by atoms with E-state index in [1.54, 1.807) is 7.05 Å². The number of carbonyl (C=O) groups is 2. The first-order valence-electron chi connectivity index (χ1n) is 8.35. The van der Waals surface area contributed by atoms with Crippen LogP contribution in [0.15, 0.2) is 60.7 Å². The van der Waals surface area contributed by atoms with Crippen molar-refractivity contribution < 1.29 is 14.3 Å². The second kappa shape index (κ2) is 10.3. The Morgan fingerprint density at radius 3 is 2.16 bits per heavy atom. The summed E-state index contributed by atoms with van der Waals surface area (Å²) in [6, 6.07) is 18.8. The lowest BCUT2D eigenvalue weighted by Gasteiger charge is -2.17. The van der Waals surface area contributed by atoms with E-state index in [2.05, 4.69) is 10.6 Å². The van der Waals surface area contributed by atoms with Crippen molar-refractivity contribution in [3.63, 3.8) is 0 Å². The van der Waals surface area contributed by atoms with Crippen molar-refractivity contribution in [1.82, 2.24) is 10.6 Å². The minimum atomic E-state index is -0.589. The largest absolute Gasteiger partial charge is 0.376 e. The van der Waals surface area contributed by atoms with Gasteiger partial charge in [0.05, 0.1) is 13.2 Å². The second-order valence-electron chi connectivity index (χ2n) is 5.71. The van der Waals surface area contributed by atoms with Crippen LogP contribution in [0.4, 0.5) is 0 Å². The Morgan fingerprint density at radius 1 is 0.960 bits per heavy atom. The number of hydrogen-bond donors (Lipinski definition) is 2. The van der Waals surface area contributed by atoms with Crippen LogP contribution in [0, 0.1) is 0 Å². The van der Waals surface area contributed by atoms with Crippen molar-refractivity contribution in [2.45, 2.75) is 25.5 Å². The monoisotopic (exact) mass is 340 g/mol. The van der Waals surface area contributed by atoms with Crippen LogP contribution in [-0.2, 0) is 27.4 Å². The quantitative estimate of drug-likeness (QED) is 0.687. The number of ether oxygens (including phenoxy) is 1. The van der Waals surface area contributed by atoms with Gasteiger partial charge in [-0.3, -0.25) is 9.59 Å². The third-order valence-electron chi connectivity index (χ3n) is 3.77. The average molecular weight is 340 g/mol. The molecule has 2 amide bonds. The maximum Gasteiger partial charge on any atom is 0.242 e. The highest BCUT2D eigenvalue weighted by Gasteiger charge is 2.19. The molecular formula is C20H24N2O3. The predicted molar refractivity (Wildman–Crippen MR) is 96.9 cm³/mol. The standard InChI is InChI=1S/C20H24N2O3/c1-21-20(24)18(14-16-8-4-2-5-9-16)22-19(23)12-13-25-15-17-10-6-3-7-11-17/h2-11,18H,12-15H2,1H3,(H,21,24)(H,22,23). The molecule has 132 valence electrons. The van der Waals surface area contributed by atoms with Crippen LogP contribution in [0.1, 0.15) is 17.5 Å². The Labute approximate surface area is 148 Å². The molecule has 0 saturated carbocycles. The van der Waals surface area contributed by atoms with Gasteiger partial charge < -0.3 is 15.4 Å². The fourth-order valence-corrected chi connectivity index (χ4v) is 2.43. The molecule has 2 rings (SSSR count). The van der Waals surface area contributed by atoms with E-state index in [1.807, 2.05) is 60.7 Å².